The lowest BCUT2D eigenvalue weighted by atomic mass is 10.00. The van der Waals surface area contributed by atoms with Gasteiger partial charge in [0.15, 0.2) is 0 Å². The van der Waals surface area contributed by atoms with Crippen molar-refractivity contribution in [2.75, 3.05) is 6.54 Å². The maximum absolute atomic E-state index is 12.6. The van der Waals surface area contributed by atoms with Gasteiger partial charge in [-0.05, 0) is 43.4 Å². The van der Waals surface area contributed by atoms with E-state index in [4.69, 9.17) is 0 Å². The van der Waals surface area contributed by atoms with E-state index in [1.54, 1.807) is 12.1 Å². The first-order valence-corrected chi connectivity index (χ1v) is 9.45. The first-order chi connectivity index (χ1) is 12.6. The van der Waals surface area contributed by atoms with Gasteiger partial charge in [-0.15, -0.1) is 12.4 Å². The zero-order valence-corrected chi connectivity index (χ0v) is 16.5. The van der Waals surface area contributed by atoms with Crippen LogP contribution in [0.1, 0.15) is 42.1 Å². The molecule has 2 atom stereocenters. The Kier molecular flexibility index (Phi) is 7.84. The van der Waals surface area contributed by atoms with Crippen LogP contribution in [0.15, 0.2) is 60.7 Å². The molecule has 0 heterocycles. The summed E-state index contributed by atoms with van der Waals surface area (Å²) in [7, 11) is 0. The summed E-state index contributed by atoms with van der Waals surface area (Å²) < 4.78 is 0. The monoisotopic (exact) mass is 388 g/mol. The molecule has 0 bridgehead atoms. The molecule has 0 spiro atoms. The Labute approximate surface area is 167 Å². The summed E-state index contributed by atoms with van der Waals surface area (Å²) in [5, 5.41) is 17.3. The van der Waals surface area contributed by atoms with E-state index >= 15 is 0 Å². The molecule has 1 amide bonds. The van der Waals surface area contributed by atoms with Crippen LogP contribution in [-0.2, 0) is 6.42 Å². The Morgan fingerprint density at radius 1 is 1.07 bits per heavy atom. The highest BCUT2D eigenvalue weighted by atomic mass is 35.5. The van der Waals surface area contributed by atoms with Crippen molar-refractivity contribution in [3.05, 3.63) is 71.8 Å². The zero-order valence-electron chi connectivity index (χ0n) is 15.7. The molecular formula is C22H29ClN2O2. The molecule has 2 aromatic rings. The van der Waals surface area contributed by atoms with Gasteiger partial charge in [0, 0.05) is 17.6 Å². The number of aliphatic hydroxyl groups is 1. The van der Waals surface area contributed by atoms with E-state index in [-0.39, 0.29) is 29.9 Å². The lowest BCUT2D eigenvalue weighted by molar-refractivity contribution is 0.0822. The predicted molar refractivity (Wildman–Crippen MR) is 111 cm³/mol. The van der Waals surface area contributed by atoms with Gasteiger partial charge in [-0.1, -0.05) is 55.5 Å². The second-order valence-electron chi connectivity index (χ2n) is 7.22. The molecule has 1 fully saturated rings. The molecule has 0 unspecified atom stereocenters. The largest absolute Gasteiger partial charge is 0.390 e. The van der Waals surface area contributed by atoms with Gasteiger partial charge in [-0.25, -0.2) is 0 Å². The van der Waals surface area contributed by atoms with Crippen LogP contribution in [0.25, 0.3) is 0 Å². The second kappa shape index (κ2) is 9.88. The minimum Gasteiger partial charge on any atom is -0.390 e. The Bertz CT molecular complexity index is 705. The van der Waals surface area contributed by atoms with Gasteiger partial charge in [-0.2, -0.15) is 0 Å². The number of amides is 1. The van der Waals surface area contributed by atoms with Crippen LogP contribution in [0, 0.1) is 0 Å². The van der Waals surface area contributed by atoms with Gasteiger partial charge < -0.3 is 15.7 Å². The number of benzene rings is 2. The first-order valence-electron chi connectivity index (χ1n) is 9.45. The van der Waals surface area contributed by atoms with E-state index in [1.807, 2.05) is 48.5 Å². The van der Waals surface area contributed by atoms with E-state index in [0.717, 1.165) is 24.8 Å². The fraction of sp³-hybridized carbons (Fsp3) is 0.409. The third-order valence-corrected chi connectivity index (χ3v) is 5.33. The highest BCUT2D eigenvalue weighted by Gasteiger charge is 2.40. The Hall–Kier alpha value is -1.88. The molecule has 0 saturated heterocycles. The minimum atomic E-state index is -0.646. The molecule has 4 nitrogen and oxygen atoms in total. The van der Waals surface area contributed by atoms with Crippen molar-refractivity contribution < 1.29 is 9.90 Å². The van der Waals surface area contributed by atoms with Gasteiger partial charge in [0.2, 0.25) is 0 Å². The van der Waals surface area contributed by atoms with Crippen molar-refractivity contribution in [1.82, 2.24) is 10.6 Å². The number of aliphatic hydroxyl groups excluding tert-OH is 1. The van der Waals surface area contributed by atoms with E-state index in [1.165, 1.54) is 0 Å². The standard InChI is InChI=1S/C22H28N2O2.ClH/c1-2-22(13-14-22)23-16-20(25)19(15-17-9-5-3-6-10-17)24-21(26)18-11-7-4-8-12-18;/h3-12,19-20,23,25H,2,13-16H2,1H3,(H,24,26);1H/t19-,20-;/m0./s1. The third kappa shape index (κ3) is 6.06. The average molecular weight is 389 g/mol. The Morgan fingerprint density at radius 2 is 1.67 bits per heavy atom. The highest BCUT2D eigenvalue weighted by molar-refractivity contribution is 5.94. The molecule has 0 aliphatic heterocycles. The summed E-state index contributed by atoms with van der Waals surface area (Å²) in [4.78, 5) is 12.6. The fourth-order valence-electron chi connectivity index (χ4n) is 3.26. The van der Waals surface area contributed by atoms with Crippen molar-refractivity contribution in [3.8, 4) is 0 Å². The lowest BCUT2D eigenvalue weighted by Gasteiger charge is -2.27. The number of carbonyl (C=O) groups excluding carboxylic acids is 1. The van der Waals surface area contributed by atoms with Crippen LogP contribution in [0.4, 0.5) is 0 Å². The zero-order chi connectivity index (χ0) is 18.4. The molecular weight excluding hydrogens is 360 g/mol. The number of hydrogen-bond acceptors (Lipinski definition) is 3. The van der Waals surface area contributed by atoms with E-state index in [9.17, 15) is 9.90 Å². The second-order valence-corrected chi connectivity index (χ2v) is 7.22. The molecule has 3 rings (SSSR count). The molecule has 2 aromatic carbocycles. The summed E-state index contributed by atoms with van der Waals surface area (Å²) in [6.07, 6.45) is 3.35. The first kappa shape index (κ1) is 21.4. The molecule has 1 aliphatic rings. The number of nitrogens with one attached hydrogen (secondary N) is 2. The summed E-state index contributed by atoms with van der Waals surface area (Å²) in [6, 6.07) is 18.8. The van der Waals surface area contributed by atoms with Crippen molar-refractivity contribution >= 4 is 18.3 Å². The molecule has 27 heavy (non-hydrogen) atoms. The number of hydrogen-bond donors (Lipinski definition) is 3. The molecule has 0 radical (unpaired) electrons. The Morgan fingerprint density at radius 3 is 2.22 bits per heavy atom. The topological polar surface area (TPSA) is 61.4 Å². The minimum absolute atomic E-state index is 0. The van der Waals surface area contributed by atoms with Crippen molar-refractivity contribution in [1.29, 1.82) is 0 Å². The van der Waals surface area contributed by atoms with Gasteiger partial charge in [0.25, 0.3) is 5.91 Å². The van der Waals surface area contributed by atoms with E-state index in [0.29, 0.717) is 18.5 Å². The van der Waals surface area contributed by atoms with Crippen molar-refractivity contribution in [3.63, 3.8) is 0 Å². The van der Waals surface area contributed by atoms with Gasteiger partial charge in [-0.3, -0.25) is 4.79 Å². The number of carbonyl (C=O) groups is 1. The number of β-amino-alcohol motifs (C(OH)–C–C–N with tert-alkyl or cyclic N) is 1. The number of rotatable bonds is 9. The SMILES string of the molecule is CCC1(NC[C@H](O)[C@H](Cc2ccccc2)NC(=O)c2ccccc2)CC1.Cl. The van der Waals surface area contributed by atoms with Crippen LogP contribution in [0.2, 0.25) is 0 Å². The van der Waals surface area contributed by atoms with Crippen LogP contribution in [-0.4, -0.2) is 35.2 Å². The van der Waals surface area contributed by atoms with Crippen LogP contribution < -0.4 is 10.6 Å². The lowest BCUT2D eigenvalue weighted by Crippen LogP contribution is -2.50. The summed E-state index contributed by atoms with van der Waals surface area (Å²) >= 11 is 0. The molecule has 1 saturated carbocycles. The third-order valence-electron chi connectivity index (χ3n) is 5.33. The van der Waals surface area contributed by atoms with Crippen molar-refractivity contribution in [2.24, 2.45) is 0 Å². The van der Waals surface area contributed by atoms with E-state index in [2.05, 4.69) is 17.6 Å². The smallest absolute Gasteiger partial charge is 0.251 e. The van der Waals surface area contributed by atoms with Crippen molar-refractivity contribution in [2.45, 2.75) is 50.3 Å². The fourth-order valence-corrected chi connectivity index (χ4v) is 3.26. The van der Waals surface area contributed by atoms with Crippen LogP contribution in [0.3, 0.4) is 0 Å². The van der Waals surface area contributed by atoms with Crippen LogP contribution >= 0.6 is 12.4 Å². The summed E-state index contributed by atoms with van der Waals surface area (Å²) in [5.74, 6) is -0.151. The normalized spacial score (nSPS) is 16.7. The van der Waals surface area contributed by atoms with Gasteiger partial charge in [0.05, 0.1) is 12.1 Å². The quantitative estimate of drug-likeness (QED) is 0.617. The maximum atomic E-state index is 12.6. The molecule has 5 heteroatoms. The summed E-state index contributed by atoms with van der Waals surface area (Å²) in [6.45, 7) is 2.66. The average Bonchev–Trinajstić information content (AvgIpc) is 3.47. The number of halogens is 1. The highest BCUT2D eigenvalue weighted by Crippen LogP contribution is 2.38. The Balaban J connectivity index is 0.00000261. The summed E-state index contributed by atoms with van der Waals surface area (Å²) in [5.41, 5.74) is 1.90. The van der Waals surface area contributed by atoms with Gasteiger partial charge >= 0.3 is 0 Å². The van der Waals surface area contributed by atoms with Gasteiger partial charge in [0.1, 0.15) is 0 Å². The predicted octanol–water partition coefficient (Wildman–Crippen LogP) is 3.34. The molecule has 1 aliphatic carbocycles. The molecule has 0 aromatic heterocycles. The molecule has 146 valence electrons. The maximum Gasteiger partial charge on any atom is 0.251 e. The molecule has 3 N–H and O–H groups in total. The van der Waals surface area contributed by atoms with Crippen LogP contribution in [0.5, 0.6) is 0 Å². The van der Waals surface area contributed by atoms with E-state index < -0.39 is 6.10 Å².